The summed E-state index contributed by atoms with van der Waals surface area (Å²) in [6.45, 7) is 5.73. The highest BCUT2D eigenvalue weighted by Gasteiger charge is 2.42. The number of benzene rings is 2. The van der Waals surface area contributed by atoms with Gasteiger partial charge in [-0.2, -0.15) is 0 Å². The minimum absolute atomic E-state index is 0. The summed E-state index contributed by atoms with van der Waals surface area (Å²) in [5.41, 5.74) is 4.31. The molecule has 10 rings (SSSR count). The molecule has 290 valence electrons. The number of aromatic amines is 2. The molecule has 3 aliphatic heterocycles. The molecule has 7 heterocycles. The molecule has 4 bridgehead atoms. The Labute approximate surface area is 340 Å². The zero-order valence-electron chi connectivity index (χ0n) is 30.9. The van der Waals surface area contributed by atoms with E-state index >= 15 is 0 Å². The van der Waals surface area contributed by atoms with Crippen LogP contribution in [0.3, 0.4) is 0 Å². The van der Waals surface area contributed by atoms with Crippen LogP contribution in [0.25, 0.3) is 22.1 Å². The molecule has 1 aliphatic carbocycles. The van der Waals surface area contributed by atoms with E-state index in [-0.39, 0.29) is 7.43 Å². The molecular weight excluding hydrogens is 735 g/mol. The molecule has 0 amide bonds. The van der Waals surface area contributed by atoms with Crippen molar-refractivity contribution in [2.24, 2.45) is 16.8 Å². The maximum Gasteiger partial charge on any atom is 0.169 e. The number of nitrogens with zero attached hydrogens (tertiary/aromatic N) is 8. The summed E-state index contributed by atoms with van der Waals surface area (Å²) < 4.78 is 0. The van der Waals surface area contributed by atoms with E-state index in [2.05, 4.69) is 104 Å². The first-order chi connectivity index (χ1) is 27.1. The van der Waals surface area contributed by atoms with Crippen LogP contribution in [0.4, 0.5) is 11.6 Å². The minimum Gasteiger partial charge on any atom is -0.358 e. The lowest BCUT2D eigenvalue weighted by molar-refractivity contribution is 0.272. The minimum atomic E-state index is 0. The topological polar surface area (TPSA) is 117 Å². The molecule has 4 unspecified atom stereocenters. The number of piperazine rings is 1. The summed E-state index contributed by atoms with van der Waals surface area (Å²) in [7, 11) is 0. The van der Waals surface area contributed by atoms with Gasteiger partial charge in [-0.1, -0.05) is 80.3 Å². The molecule has 4 fully saturated rings. The van der Waals surface area contributed by atoms with Gasteiger partial charge in [0.2, 0.25) is 0 Å². The molecule has 0 radical (unpaired) electrons. The Morgan fingerprint density at radius 3 is 1.80 bits per heavy atom. The number of hydrogen-bond donors (Lipinski definition) is 3. The van der Waals surface area contributed by atoms with Gasteiger partial charge in [-0.05, 0) is 79.4 Å². The third-order valence-corrected chi connectivity index (χ3v) is 11.6. The van der Waals surface area contributed by atoms with Crippen LogP contribution in [-0.4, -0.2) is 89.8 Å². The van der Waals surface area contributed by atoms with E-state index in [1.165, 1.54) is 61.7 Å². The maximum atomic E-state index is 5.75. The van der Waals surface area contributed by atoms with Crippen molar-refractivity contribution in [2.45, 2.75) is 64.7 Å². The van der Waals surface area contributed by atoms with Crippen molar-refractivity contribution in [1.29, 1.82) is 0 Å². The molecule has 13 heteroatoms. The van der Waals surface area contributed by atoms with E-state index in [9.17, 15) is 0 Å². The van der Waals surface area contributed by atoms with Crippen LogP contribution in [0.2, 0.25) is 0 Å². The molecule has 56 heavy (non-hydrogen) atoms. The first-order valence-corrected chi connectivity index (χ1v) is 20.1. The van der Waals surface area contributed by atoms with Gasteiger partial charge in [0.25, 0.3) is 0 Å². The zero-order chi connectivity index (χ0) is 37.4. The number of anilines is 2. The lowest BCUT2D eigenvalue weighted by Crippen LogP contribution is -2.58. The summed E-state index contributed by atoms with van der Waals surface area (Å²) >= 11 is 10.3. The van der Waals surface area contributed by atoms with Gasteiger partial charge in [-0.3, -0.25) is 4.99 Å². The fourth-order valence-electron chi connectivity index (χ4n) is 8.66. The van der Waals surface area contributed by atoms with Gasteiger partial charge in [0.15, 0.2) is 5.11 Å². The molecule has 6 aromatic rings. The number of thiocarbonyl (C=S) groups is 2. The zero-order valence-corrected chi connectivity index (χ0v) is 32.5. The molecule has 2 aromatic carbocycles. The van der Waals surface area contributed by atoms with Gasteiger partial charge in [0, 0.05) is 68.8 Å². The SMILES string of the molecule is C.S=C(NCc1ccccc1)N1C2CCC1CN(c1ncnc3[nH]ccc13)C2.S=CC=NCc1ccccc1.c1nc(N2CC3CCC(C3)C2)c2cc[nH]c2n1. The number of hydrogen-bond acceptors (Lipinski definition) is 9. The second kappa shape index (κ2) is 18.6. The molecule has 1 saturated carbocycles. The van der Waals surface area contributed by atoms with Crippen LogP contribution in [0.15, 0.2) is 103 Å². The number of piperidine rings is 1. The number of H-pyrrole nitrogens is 2. The Kier molecular flexibility index (Phi) is 12.9. The highest BCUT2D eigenvalue weighted by Crippen LogP contribution is 2.39. The lowest BCUT2D eigenvalue weighted by Gasteiger charge is -2.43. The van der Waals surface area contributed by atoms with E-state index < -0.39 is 0 Å². The summed E-state index contributed by atoms with van der Waals surface area (Å²) in [6, 6.07) is 25.5. The first kappa shape index (κ1) is 39.0. The number of rotatable bonds is 7. The summed E-state index contributed by atoms with van der Waals surface area (Å²) in [4.78, 5) is 35.3. The molecule has 0 spiro atoms. The number of fused-ring (bicyclic) bond motifs is 6. The summed E-state index contributed by atoms with van der Waals surface area (Å²) in [6.07, 6.45) is 15.4. The van der Waals surface area contributed by atoms with Gasteiger partial charge < -0.3 is 30.0 Å². The van der Waals surface area contributed by atoms with Gasteiger partial charge in [0.1, 0.15) is 35.6 Å². The molecule has 3 N–H and O–H groups in total. The van der Waals surface area contributed by atoms with E-state index in [0.29, 0.717) is 18.6 Å². The van der Waals surface area contributed by atoms with Gasteiger partial charge in [-0.25, -0.2) is 19.9 Å². The van der Waals surface area contributed by atoms with Crippen LogP contribution in [0.1, 0.15) is 50.7 Å². The Morgan fingerprint density at radius 2 is 1.25 bits per heavy atom. The van der Waals surface area contributed by atoms with Crippen molar-refractivity contribution in [1.82, 2.24) is 40.1 Å². The fourth-order valence-corrected chi connectivity index (χ4v) is 9.12. The average molecular weight is 786 g/mol. The second-order valence-corrected chi connectivity index (χ2v) is 15.4. The van der Waals surface area contributed by atoms with Gasteiger partial charge >= 0.3 is 0 Å². The summed E-state index contributed by atoms with van der Waals surface area (Å²) in [5, 5.41) is 8.10. The largest absolute Gasteiger partial charge is 0.358 e. The van der Waals surface area contributed by atoms with Crippen molar-refractivity contribution < 1.29 is 0 Å². The van der Waals surface area contributed by atoms with Crippen LogP contribution >= 0.6 is 24.4 Å². The van der Waals surface area contributed by atoms with Crippen molar-refractivity contribution in [3.63, 3.8) is 0 Å². The Morgan fingerprint density at radius 1 is 0.714 bits per heavy atom. The van der Waals surface area contributed by atoms with Crippen molar-refractivity contribution in [2.75, 3.05) is 36.0 Å². The number of aromatic nitrogens is 6. The average Bonchev–Trinajstić information content (AvgIpc) is 4.04. The van der Waals surface area contributed by atoms with Crippen molar-refractivity contribution in [3.05, 3.63) is 109 Å². The maximum absolute atomic E-state index is 5.75. The quantitative estimate of drug-likeness (QED) is 0.110. The van der Waals surface area contributed by atoms with Crippen LogP contribution < -0.4 is 15.1 Å². The van der Waals surface area contributed by atoms with Crippen molar-refractivity contribution >= 4 is 74.8 Å². The Bertz CT molecular complexity index is 2180. The molecule has 4 aromatic heterocycles. The van der Waals surface area contributed by atoms with Gasteiger partial charge in [0.05, 0.1) is 17.3 Å². The van der Waals surface area contributed by atoms with Crippen LogP contribution in [0.5, 0.6) is 0 Å². The third kappa shape index (κ3) is 9.05. The van der Waals surface area contributed by atoms with Crippen LogP contribution in [-0.2, 0) is 13.1 Å². The summed E-state index contributed by atoms with van der Waals surface area (Å²) in [5.74, 6) is 3.92. The highest BCUT2D eigenvalue weighted by molar-refractivity contribution is 7.80. The van der Waals surface area contributed by atoms with Crippen LogP contribution in [0, 0.1) is 11.8 Å². The molecule has 4 aliphatic rings. The first-order valence-electron chi connectivity index (χ1n) is 19.3. The molecular formula is C43H51N11S2. The third-order valence-electron chi connectivity index (χ3n) is 11.2. The molecule has 4 atom stereocenters. The highest BCUT2D eigenvalue weighted by atomic mass is 32.1. The smallest absolute Gasteiger partial charge is 0.169 e. The number of aliphatic imine (C=N–C) groups is 1. The van der Waals surface area contributed by atoms with E-state index in [0.717, 1.165) is 70.3 Å². The Hall–Kier alpha value is -5.27. The van der Waals surface area contributed by atoms with Gasteiger partial charge in [-0.15, -0.1) is 0 Å². The lowest BCUT2D eigenvalue weighted by atomic mass is 9.99. The predicted octanol–water partition coefficient (Wildman–Crippen LogP) is 7.77. The second-order valence-electron chi connectivity index (χ2n) is 14.8. The predicted molar refractivity (Wildman–Crippen MR) is 237 cm³/mol. The van der Waals surface area contributed by atoms with E-state index in [1.807, 2.05) is 48.8 Å². The van der Waals surface area contributed by atoms with Crippen molar-refractivity contribution in [3.8, 4) is 0 Å². The molecule has 11 nitrogen and oxygen atoms in total. The monoisotopic (exact) mass is 785 g/mol. The normalized spacial score (nSPS) is 20.9. The number of nitrogens with one attached hydrogen (secondary N) is 3. The van der Waals surface area contributed by atoms with E-state index in [1.54, 1.807) is 18.9 Å². The van der Waals surface area contributed by atoms with E-state index in [4.69, 9.17) is 12.2 Å². The fraction of sp³-hybridized carbons (Fsp3) is 0.372. The molecule has 3 saturated heterocycles. The standard InChI is InChI=1S/C20H22N6S.C13H16N4.C9H9NS.CH4/c27-20(22-10-14-4-2-1-3-5-14)26-15-6-7-16(26)12-25(11-15)19-17-8-9-21-18(17)23-13-24-19;1-2-10-5-9(1)6-17(7-10)13-11-3-4-14-12(11)15-8-16-13;11-7-6-10-8-9-4-2-1-3-5-9;/h1-5,8-9,13,15-16H,6-7,10-12H2,(H,22,27)(H,21,23,24);3-4,8-10H,1-2,5-7H2,(H,14,15,16);1-7H,8H2;1H4. The Balaban J connectivity index is 0.000000142.